The summed E-state index contributed by atoms with van der Waals surface area (Å²) in [5.74, 6) is 0.391. The number of benzene rings is 1. The lowest BCUT2D eigenvalue weighted by Gasteiger charge is -2.33. The number of ether oxygens (including phenoxy) is 1. The molecule has 0 N–H and O–H groups in total. The lowest BCUT2D eigenvalue weighted by molar-refractivity contribution is -0.127. The number of hydrogen-bond acceptors (Lipinski definition) is 5. The molecule has 0 atom stereocenters. The molecule has 1 saturated heterocycles. The van der Waals surface area contributed by atoms with Crippen LogP contribution in [0.1, 0.15) is 25.2 Å². The molecule has 1 aromatic carbocycles. The Morgan fingerprint density at radius 2 is 1.86 bits per heavy atom. The highest BCUT2D eigenvalue weighted by atomic mass is 19.1. The predicted octanol–water partition coefficient (Wildman–Crippen LogP) is 2.97. The number of hydrogen-bond donors (Lipinski definition) is 0. The van der Waals surface area contributed by atoms with Crippen molar-refractivity contribution in [3.63, 3.8) is 0 Å². The molecule has 6 nitrogen and oxygen atoms in total. The summed E-state index contributed by atoms with van der Waals surface area (Å²) in [7, 11) is 0. The van der Waals surface area contributed by atoms with Crippen LogP contribution in [0.15, 0.2) is 57.5 Å². The lowest BCUT2D eigenvalue weighted by Crippen LogP contribution is -2.47. The van der Waals surface area contributed by atoms with Gasteiger partial charge in [0.15, 0.2) is 0 Å². The minimum Gasteiger partial charge on any atom is -0.482 e. The second kappa shape index (κ2) is 9.52. The number of rotatable bonds is 6. The van der Waals surface area contributed by atoms with Gasteiger partial charge >= 0.3 is 0 Å². The molecule has 2 heterocycles. The first-order chi connectivity index (χ1) is 13.9. The molecule has 1 amide bonds. The molecule has 29 heavy (non-hydrogen) atoms. The van der Waals surface area contributed by atoms with Crippen molar-refractivity contribution < 1.29 is 18.3 Å². The van der Waals surface area contributed by atoms with E-state index in [1.165, 1.54) is 24.5 Å². The van der Waals surface area contributed by atoms with E-state index >= 15 is 0 Å². The molecule has 3 rings (SSSR count). The summed E-state index contributed by atoms with van der Waals surface area (Å²) in [5, 5.41) is 0. The molecule has 7 heteroatoms. The average molecular weight is 400 g/mol. The van der Waals surface area contributed by atoms with Gasteiger partial charge in [0, 0.05) is 38.3 Å². The van der Waals surface area contributed by atoms with Gasteiger partial charge in [-0.15, -0.1) is 0 Å². The van der Waals surface area contributed by atoms with Gasteiger partial charge in [0.2, 0.25) is 17.1 Å². The maximum absolute atomic E-state index is 12.9. The zero-order chi connectivity index (χ0) is 20.8. The van der Waals surface area contributed by atoms with Gasteiger partial charge in [0.1, 0.15) is 24.4 Å². The molecule has 154 valence electrons. The smallest absolute Gasteiger partial charge is 0.246 e. The Morgan fingerprint density at radius 3 is 2.48 bits per heavy atom. The largest absolute Gasteiger partial charge is 0.482 e. The van der Waals surface area contributed by atoms with Gasteiger partial charge in [-0.3, -0.25) is 14.5 Å². The van der Waals surface area contributed by atoms with Crippen LogP contribution in [0.5, 0.6) is 5.75 Å². The number of nitrogens with zero attached hydrogens (tertiary/aromatic N) is 2. The fourth-order valence-electron chi connectivity index (χ4n) is 3.05. The molecule has 1 aliphatic heterocycles. The average Bonchev–Trinajstić information content (AvgIpc) is 2.69. The van der Waals surface area contributed by atoms with E-state index in [-0.39, 0.29) is 29.5 Å². The Morgan fingerprint density at radius 1 is 1.17 bits per heavy atom. The molecule has 0 aliphatic carbocycles. The first kappa shape index (κ1) is 20.8. The highest BCUT2D eigenvalue weighted by Gasteiger charge is 2.20. The van der Waals surface area contributed by atoms with Crippen LogP contribution in [0, 0.1) is 5.82 Å². The summed E-state index contributed by atoms with van der Waals surface area (Å²) < 4.78 is 24.0. The summed E-state index contributed by atoms with van der Waals surface area (Å²) in [4.78, 5) is 28.3. The van der Waals surface area contributed by atoms with E-state index < -0.39 is 0 Å². The van der Waals surface area contributed by atoms with Crippen LogP contribution in [0.25, 0.3) is 0 Å². The lowest BCUT2D eigenvalue weighted by atomic mass is 10.2. The minimum absolute atomic E-state index is 0.0406. The molecule has 1 fully saturated rings. The summed E-state index contributed by atoms with van der Waals surface area (Å²) in [6.07, 6.45) is 2.97. The maximum Gasteiger partial charge on any atom is 0.246 e. The molecule has 0 saturated carbocycles. The fraction of sp³-hybridized carbons (Fsp3) is 0.364. The topological polar surface area (TPSA) is 63.0 Å². The van der Waals surface area contributed by atoms with Gasteiger partial charge in [0.25, 0.3) is 0 Å². The number of halogens is 1. The van der Waals surface area contributed by atoms with Crippen molar-refractivity contribution in [1.29, 1.82) is 0 Å². The standard InChI is InChI=1S/C22H25FN2O4/c1-16(2)11-22(27)25-9-7-24(8-10-25)13-19-12-20(26)21(15-28-19)29-14-17-3-5-18(23)6-4-17/h3-6,11-12,15H,7-10,13-14H2,1-2H3. The Kier molecular flexibility index (Phi) is 6.82. The first-order valence-corrected chi connectivity index (χ1v) is 9.56. The van der Waals surface area contributed by atoms with Crippen molar-refractivity contribution in [2.45, 2.75) is 27.0 Å². The molecule has 2 aromatic rings. The molecule has 0 unspecified atom stereocenters. The van der Waals surface area contributed by atoms with Gasteiger partial charge in [-0.2, -0.15) is 0 Å². The van der Waals surface area contributed by atoms with Gasteiger partial charge in [-0.1, -0.05) is 17.7 Å². The van der Waals surface area contributed by atoms with Crippen LogP contribution in [0.3, 0.4) is 0 Å². The Bertz CT molecular complexity index is 925. The van der Waals surface area contributed by atoms with E-state index in [0.29, 0.717) is 25.4 Å². The quantitative estimate of drug-likeness (QED) is 0.698. The Hall–Kier alpha value is -2.93. The summed E-state index contributed by atoms with van der Waals surface area (Å²) >= 11 is 0. The van der Waals surface area contributed by atoms with E-state index in [9.17, 15) is 14.0 Å². The van der Waals surface area contributed by atoms with Crippen molar-refractivity contribution in [3.8, 4) is 5.75 Å². The van der Waals surface area contributed by atoms with E-state index in [1.54, 1.807) is 18.2 Å². The van der Waals surface area contributed by atoms with E-state index in [0.717, 1.165) is 24.2 Å². The SMILES string of the molecule is CC(C)=CC(=O)N1CCN(Cc2cc(=O)c(OCc3ccc(F)cc3)co2)CC1. The van der Waals surface area contributed by atoms with Gasteiger partial charge in [-0.25, -0.2) is 4.39 Å². The predicted molar refractivity (Wildman–Crippen MR) is 107 cm³/mol. The number of carbonyl (C=O) groups excluding carboxylic acids is 1. The number of piperazine rings is 1. The highest BCUT2D eigenvalue weighted by Crippen LogP contribution is 2.13. The molecule has 0 radical (unpaired) electrons. The number of amides is 1. The molecule has 1 aromatic heterocycles. The van der Waals surface area contributed by atoms with Crippen molar-refractivity contribution in [3.05, 3.63) is 75.6 Å². The third-order valence-electron chi connectivity index (χ3n) is 4.64. The number of allylic oxidation sites excluding steroid dienone is 1. The zero-order valence-corrected chi connectivity index (χ0v) is 16.7. The fourth-order valence-corrected chi connectivity index (χ4v) is 3.05. The normalized spacial score (nSPS) is 14.5. The third kappa shape index (κ3) is 6.02. The molecular weight excluding hydrogens is 375 g/mol. The molecule has 1 aliphatic rings. The van der Waals surface area contributed by atoms with E-state index in [1.807, 2.05) is 18.7 Å². The second-order valence-corrected chi connectivity index (χ2v) is 7.31. The van der Waals surface area contributed by atoms with Crippen molar-refractivity contribution in [2.75, 3.05) is 26.2 Å². The summed E-state index contributed by atoms with van der Waals surface area (Å²) in [6.45, 7) is 7.19. The van der Waals surface area contributed by atoms with E-state index in [2.05, 4.69) is 4.90 Å². The van der Waals surface area contributed by atoms with Crippen LogP contribution in [-0.2, 0) is 17.9 Å². The van der Waals surface area contributed by atoms with Crippen molar-refractivity contribution in [2.24, 2.45) is 0 Å². The van der Waals surface area contributed by atoms with Crippen molar-refractivity contribution >= 4 is 5.91 Å². The van der Waals surface area contributed by atoms with Crippen LogP contribution in [-0.4, -0.2) is 41.9 Å². The molecular formula is C22H25FN2O4. The van der Waals surface area contributed by atoms with Crippen LogP contribution in [0.4, 0.5) is 4.39 Å². The first-order valence-electron chi connectivity index (χ1n) is 9.56. The van der Waals surface area contributed by atoms with E-state index in [4.69, 9.17) is 9.15 Å². The summed E-state index contributed by atoms with van der Waals surface area (Å²) in [6, 6.07) is 7.33. The number of carbonyl (C=O) groups is 1. The van der Waals surface area contributed by atoms with Gasteiger partial charge in [0.05, 0.1) is 6.54 Å². The monoisotopic (exact) mass is 400 g/mol. The van der Waals surface area contributed by atoms with Crippen LogP contribution >= 0.6 is 0 Å². The Balaban J connectivity index is 1.52. The zero-order valence-electron chi connectivity index (χ0n) is 16.7. The second-order valence-electron chi connectivity index (χ2n) is 7.31. The van der Waals surface area contributed by atoms with Crippen LogP contribution in [0.2, 0.25) is 0 Å². The molecule has 0 spiro atoms. The van der Waals surface area contributed by atoms with Crippen molar-refractivity contribution in [1.82, 2.24) is 9.80 Å². The molecule has 0 bridgehead atoms. The maximum atomic E-state index is 12.9. The highest BCUT2D eigenvalue weighted by molar-refractivity contribution is 5.88. The van der Waals surface area contributed by atoms with Gasteiger partial charge in [-0.05, 0) is 31.5 Å². The Labute approximate surface area is 169 Å². The van der Waals surface area contributed by atoms with Gasteiger partial charge < -0.3 is 14.1 Å². The minimum atomic E-state index is -0.320. The van der Waals surface area contributed by atoms with Crippen LogP contribution < -0.4 is 10.2 Å². The summed E-state index contributed by atoms with van der Waals surface area (Å²) in [5.41, 5.74) is 1.49. The third-order valence-corrected chi connectivity index (χ3v) is 4.64.